The Balaban J connectivity index is 1.54. The van der Waals surface area contributed by atoms with Gasteiger partial charge in [-0.3, -0.25) is 10.1 Å². The summed E-state index contributed by atoms with van der Waals surface area (Å²) in [6.07, 6.45) is 2.18. The largest absolute Gasteiger partial charge is 0.296 e. The van der Waals surface area contributed by atoms with Gasteiger partial charge in [0.15, 0.2) is 0 Å². The molecule has 0 atom stereocenters. The van der Waals surface area contributed by atoms with E-state index in [4.69, 9.17) is 11.6 Å². The summed E-state index contributed by atoms with van der Waals surface area (Å²) >= 11 is 7.50. The molecule has 1 fully saturated rings. The van der Waals surface area contributed by atoms with Gasteiger partial charge in [0.05, 0.1) is 15.5 Å². The Morgan fingerprint density at radius 2 is 1.93 bits per heavy atom. The number of sulfonamides is 1. The summed E-state index contributed by atoms with van der Waals surface area (Å²) in [5, 5.41) is 12.2. The normalized spacial score (nSPS) is 14.1. The number of hydrogen-bond acceptors (Lipinski definition) is 6. The molecule has 3 aromatic rings. The third-order valence-electron chi connectivity index (χ3n) is 4.73. The van der Waals surface area contributed by atoms with Crippen molar-refractivity contribution in [3.05, 3.63) is 69.7 Å². The number of nitrogens with zero attached hydrogens (tertiary/aromatic N) is 3. The molecule has 0 saturated heterocycles. The van der Waals surface area contributed by atoms with Crippen LogP contribution in [0.1, 0.15) is 39.7 Å². The molecule has 1 aliphatic carbocycles. The zero-order valence-corrected chi connectivity index (χ0v) is 18.5. The second-order valence-corrected chi connectivity index (χ2v) is 10.5. The van der Waals surface area contributed by atoms with Crippen LogP contribution in [0.4, 0.5) is 5.13 Å². The number of hydrogen-bond donors (Lipinski definition) is 1. The lowest BCUT2D eigenvalue weighted by atomic mass is 10.2. The van der Waals surface area contributed by atoms with Gasteiger partial charge >= 0.3 is 0 Å². The predicted molar refractivity (Wildman–Crippen MR) is 116 cm³/mol. The van der Waals surface area contributed by atoms with Crippen LogP contribution in [-0.2, 0) is 16.6 Å². The highest BCUT2D eigenvalue weighted by Crippen LogP contribution is 2.42. The lowest BCUT2D eigenvalue weighted by Gasteiger charge is -2.18. The Labute approximate surface area is 183 Å². The molecule has 1 amide bonds. The molecular formula is C20H19ClN4O3S2. The van der Waals surface area contributed by atoms with Gasteiger partial charge in [0.25, 0.3) is 5.91 Å². The van der Waals surface area contributed by atoms with Crippen molar-refractivity contribution < 1.29 is 13.2 Å². The minimum absolute atomic E-state index is 0.00795. The van der Waals surface area contributed by atoms with E-state index in [9.17, 15) is 13.2 Å². The molecule has 1 saturated carbocycles. The van der Waals surface area contributed by atoms with Crippen LogP contribution in [0.2, 0.25) is 5.02 Å². The molecule has 0 radical (unpaired) electrons. The van der Waals surface area contributed by atoms with E-state index in [0.717, 1.165) is 23.4 Å². The maximum absolute atomic E-state index is 13.0. The van der Waals surface area contributed by atoms with Gasteiger partial charge in [-0.2, -0.15) is 4.31 Å². The van der Waals surface area contributed by atoms with Crippen LogP contribution in [0, 0.1) is 0 Å². The summed E-state index contributed by atoms with van der Waals surface area (Å²) in [6.45, 7) is 0.210. The van der Waals surface area contributed by atoms with Gasteiger partial charge < -0.3 is 0 Å². The second-order valence-electron chi connectivity index (χ2n) is 7.06. The van der Waals surface area contributed by atoms with Crippen molar-refractivity contribution in [1.82, 2.24) is 14.5 Å². The maximum atomic E-state index is 13.0. The van der Waals surface area contributed by atoms with Crippen LogP contribution in [-0.4, -0.2) is 35.9 Å². The van der Waals surface area contributed by atoms with Crippen LogP contribution in [0.3, 0.4) is 0 Å². The lowest BCUT2D eigenvalue weighted by Crippen LogP contribution is -2.27. The van der Waals surface area contributed by atoms with Gasteiger partial charge in [-0.25, -0.2) is 8.42 Å². The fraction of sp³-hybridized carbons (Fsp3) is 0.250. The second kappa shape index (κ2) is 8.43. The molecule has 0 spiro atoms. The van der Waals surface area contributed by atoms with Crippen LogP contribution < -0.4 is 5.32 Å². The smallest absolute Gasteiger partial charge is 0.259 e. The molecule has 0 bridgehead atoms. The molecule has 1 heterocycles. The van der Waals surface area contributed by atoms with Gasteiger partial charge in [-0.05, 0) is 36.6 Å². The number of nitrogens with one attached hydrogen (secondary N) is 1. The summed E-state index contributed by atoms with van der Waals surface area (Å²) in [6, 6.07) is 13.4. The summed E-state index contributed by atoms with van der Waals surface area (Å²) in [5.74, 6) is -0.0911. The Bertz CT molecular complexity index is 1180. The standard InChI is InChI=1S/C20H19ClN4O3S2/c1-25(12-13-5-3-2-4-6-13)30(27,28)15-9-10-17(21)16(11-15)18(26)22-20-24-23-19(29-20)14-7-8-14/h2-6,9-11,14H,7-8,12H2,1H3,(H,22,24,26). The molecule has 1 aromatic heterocycles. The zero-order chi connectivity index (χ0) is 21.3. The van der Waals surface area contributed by atoms with E-state index in [1.54, 1.807) is 0 Å². The summed E-state index contributed by atoms with van der Waals surface area (Å²) < 4.78 is 27.2. The number of aromatic nitrogens is 2. The summed E-state index contributed by atoms with van der Waals surface area (Å²) in [4.78, 5) is 12.7. The molecule has 2 aromatic carbocycles. The van der Waals surface area contributed by atoms with E-state index in [-0.39, 0.29) is 22.0 Å². The molecule has 1 aliphatic rings. The maximum Gasteiger partial charge on any atom is 0.259 e. The highest BCUT2D eigenvalue weighted by Gasteiger charge is 2.28. The molecule has 7 nitrogen and oxygen atoms in total. The zero-order valence-electron chi connectivity index (χ0n) is 16.1. The number of amides is 1. The fourth-order valence-corrected chi connectivity index (χ4v) is 5.19. The van der Waals surface area contributed by atoms with Gasteiger partial charge in [0.2, 0.25) is 15.2 Å². The lowest BCUT2D eigenvalue weighted by molar-refractivity contribution is 0.102. The van der Waals surface area contributed by atoms with Crippen LogP contribution in [0.25, 0.3) is 0 Å². The molecular weight excluding hydrogens is 444 g/mol. The van der Waals surface area contributed by atoms with Crippen molar-refractivity contribution in [1.29, 1.82) is 0 Å². The van der Waals surface area contributed by atoms with Gasteiger partial charge in [-0.1, -0.05) is 53.3 Å². The molecule has 30 heavy (non-hydrogen) atoms. The quantitative estimate of drug-likeness (QED) is 0.569. The van der Waals surface area contributed by atoms with Crippen molar-refractivity contribution in [2.75, 3.05) is 12.4 Å². The first-order valence-corrected chi connectivity index (χ1v) is 11.9. The number of carbonyl (C=O) groups is 1. The Morgan fingerprint density at radius 3 is 2.63 bits per heavy atom. The van der Waals surface area contributed by atoms with Gasteiger partial charge in [-0.15, -0.1) is 10.2 Å². The first kappa shape index (κ1) is 20.9. The average Bonchev–Trinajstić information content (AvgIpc) is 3.48. The van der Waals surface area contributed by atoms with E-state index in [0.29, 0.717) is 11.0 Å². The summed E-state index contributed by atoms with van der Waals surface area (Å²) in [7, 11) is -2.31. The molecule has 0 unspecified atom stereocenters. The highest BCUT2D eigenvalue weighted by molar-refractivity contribution is 7.89. The Hall–Kier alpha value is -2.33. The fourth-order valence-electron chi connectivity index (χ4n) is 2.89. The number of carbonyl (C=O) groups excluding carboxylic acids is 1. The highest BCUT2D eigenvalue weighted by atomic mass is 35.5. The molecule has 1 N–H and O–H groups in total. The van der Waals surface area contributed by atoms with Gasteiger partial charge in [0.1, 0.15) is 5.01 Å². The van der Waals surface area contributed by atoms with Crippen LogP contribution in [0.15, 0.2) is 53.4 Å². The summed E-state index contributed by atoms with van der Waals surface area (Å²) in [5.41, 5.74) is 0.923. The van der Waals surface area contributed by atoms with Crippen molar-refractivity contribution in [3.63, 3.8) is 0 Å². The van der Waals surface area contributed by atoms with E-state index in [1.807, 2.05) is 30.3 Å². The minimum atomic E-state index is -3.81. The first-order valence-electron chi connectivity index (χ1n) is 9.29. The monoisotopic (exact) mass is 462 g/mol. The molecule has 10 heteroatoms. The Morgan fingerprint density at radius 1 is 1.20 bits per heavy atom. The Kier molecular flexibility index (Phi) is 5.88. The topological polar surface area (TPSA) is 92.3 Å². The van der Waals surface area contributed by atoms with Crippen LogP contribution >= 0.6 is 22.9 Å². The minimum Gasteiger partial charge on any atom is -0.296 e. The van der Waals surface area contributed by atoms with Crippen molar-refractivity contribution in [2.24, 2.45) is 0 Å². The van der Waals surface area contributed by atoms with E-state index < -0.39 is 15.9 Å². The third kappa shape index (κ3) is 4.54. The SMILES string of the molecule is CN(Cc1ccccc1)S(=O)(=O)c1ccc(Cl)c(C(=O)Nc2nnc(C3CC3)s2)c1. The number of benzene rings is 2. The third-order valence-corrected chi connectivity index (χ3v) is 7.86. The molecule has 4 rings (SSSR count). The van der Waals surface area contributed by atoms with Crippen molar-refractivity contribution >= 4 is 44.0 Å². The number of halogens is 1. The van der Waals surface area contributed by atoms with Crippen molar-refractivity contribution in [2.45, 2.75) is 30.2 Å². The van der Waals surface area contributed by atoms with Crippen LogP contribution in [0.5, 0.6) is 0 Å². The number of rotatable bonds is 7. The number of anilines is 1. The molecule has 0 aliphatic heterocycles. The molecule has 156 valence electrons. The van der Waals surface area contributed by atoms with Gasteiger partial charge in [0, 0.05) is 19.5 Å². The van der Waals surface area contributed by atoms with Crippen molar-refractivity contribution in [3.8, 4) is 0 Å². The average molecular weight is 463 g/mol. The van der Waals surface area contributed by atoms with E-state index >= 15 is 0 Å². The predicted octanol–water partition coefficient (Wildman–Crippen LogP) is 4.14. The van der Waals surface area contributed by atoms with E-state index in [1.165, 1.54) is 40.9 Å². The van der Waals surface area contributed by atoms with E-state index in [2.05, 4.69) is 15.5 Å². The first-order chi connectivity index (χ1) is 14.3.